The predicted molar refractivity (Wildman–Crippen MR) is 94.7 cm³/mol. The van der Waals surface area contributed by atoms with Gasteiger partial charge in [0.25, 0.3) is 5.91 Å². The maximum atomic E-state index is 12.4. The van der Waals surface area contributed by atoms with Gasteiger partial charge < -0.3 is 15.0 Å². The number of rotatable bonds is 4. The van der Waals surface area contributed by atoms with E-state index in [1.807, 2.05) is 24.3 Å². The van der Waals surface area contributed by atoms with Crippen molar-refractivity contribution in [3.63, 3.8) is 0 Å². The number of ether oxygens (including phenoxy) is 1. The second-order valence-corrected chi connectivity index (χ2v) is 6.57. The molecule has 0 spiro atoms. The third-order valence-corrected chi connectivity index (χ3v) is 4.91. The molecule has 2 aliphatic rings. The van der Waals surface area contributed by atoms with Crippen LogP contribution in [0.5, 0.6) is 5.75 Å². The van der Waals surface area contributed by atoms with Crippen LogP contribution in [-0.4, -0.2) is 32.1 Å². The third-order valence-electron chi connectivity index (χ3n) is 4.91. The second kappa shape index (κ2) is 6.56. The molecule has 4 rings (SSSR count). The van der Waals surface area contributed by atoms with E-state index < -0.39 is 0 Å². The topological polar surface area (TPSA) is 41.6 Å². The minimum atomic E-state index is 0.0165. The molecular formula is C20H22N2O2. The Balaban J connectivity index is 1.32. The Labute approximate surface area is 142 Å². The average Bonchev–Trinajstić information content (AvgIpc) is 3.29. The molecule has 0 saturated carbocycles. The number of hydrogen-bond donors (Lipinski definition) is 1. The van der Waals surface area contributed by atoms with Crippen LogP contribution in [0.2, 0.25) is 0 Å². The number of fused-ring (bicyclic) bond motifs is 1. The normalized spacial score (nSPS) is 19.0. The standard InChI is InChI=1S/C20H22N2O2/c23-20(17-6-7-19-16(12-17)9-11-24-19)21-13-15-8-10-22(14-15)18-4-2-1-3-5-18/h1-7,12,15H,8-11,13-14H2,(H,21,23). The zero-order valence-corrected chi connectivity index (χ0v) is 13.7. The second-order valence-electron chi connectivity index (χ2n) is 6.57. The summed E-state index contributed by atoms with van der Waals surface area (Å²) in [6.45, 7) is 3.51. The predicted octanol–water partition coefficient (Wildman–Crippen LogP) is 2.88. The van der Waals surface area contributed by atoms with Gasteiger partial charge in [0.15, 0.2) is 0 Å². The fraction of sp³-hybridized carbons (Fsp3) is 0.350. The van der Waals surface area contributed by atoms with Crippen molar-refractivity contribution >= 4 is 11.6 Å². The summed E-state index contributed by atoms with van der Waals surface area (Å²) in [7, 11) is 0. The SMILES string of the molecule is O=C(NCC1CCN(c2ccccc2)C1)c1ccc2c(c1)CCO2. The molecule has 1 N–H and O–H groups in total. The molecule has 1 fully saturated rings. The molecule has 1 unspecified atom stereocenters. The molecule has 1 amide bonds. The molecule has 1 saturated heterocycles. The molecule has 2 aromatic carbocycles. The highest BCUT2D eigenvalue weighted by Gasteiger charge is 2.23. The highest BCUT2D eigenvalue weighted by Crippen LogP contribution is 2.26. The molecule has 0 radical (unpaired) electrons. The van der Waals surface area contributed by atoms with Crippen molar-refractivity contribution in [1.82, 2.24) is 5.32 Å². The van der Waals surface area contributed by atoms with Crippen molar-refractivity contribution in [2.24, 2.45) is 5.92 Å². The Morgan fingerprint density at radius 3 is 2.96 bits per heavy atom. The molecule has 0 aliphatic carbocycles. The summed E-state index contributed by atoms with van der Waals surface area (Å²) in [6, 6.07) is 16.2. The first-order valence-corrected chi connectivity index (χ1v) is 8.63. The van der Waals surface area contributed by atoms with Crippen LogP contribution in [0.1, 0.15) is 22.3 Å². The van der Waals surface area contributed by atoms with Crippen molar-refractivity contribution in [1.29, 1.82) is 0 Å². The van der Waals surface area contributed by atoms with Crippen LogP contribution in [0.4, 0.5) is 5.69 Å². The Morgan fingerprint density at radius 2 is 2.08 bits per heavy atom. The fourth-order valence-electron chi connectivity index (χ4n) is 3.54. The van der Waals surface area contributed by atoms with Gasteiger partial charge >= 0.3 is 0 Å². The van der Waals surface area contributed by atoms with Gasteiger partial charge in [0.2, 0.25) is 0 Å². The van der Waals surface area contributed by atoms with E-state index in [4.69, 9.17) is 4.74 Å². The van der Waals surface area contributed by atoms with E-state index in [-0.39, 0.29) is 5.91 Å². The first-order valence-electron chi connectivity index (χ1n) is 8.63. The van der Waals surface area contributed by atoms with Crippen molar-refractivity contribution in [2.45, 2.75) is 12.8 Å². The summed E-state index contributed by atoms with van der Waals surface area (Å²) in [5.74, 6) is 1.44. The Kier molecular flexibility index (Phi) is 4.11. The number of amides is 1. The fourth-order valence-corrected chi connectivity index (χ4v) is 3.54. The lowest BCUT2D eigenvalue weighted by Crippen LogP contribution is -2.31. The molecule has 2 aliphatic heterocycles. The summed E-state index contributed by atoms with van der Waals surface area (Å²) in [5, 5.41) is 3.10. The van der Waals surface area contributed by atoms with Crippen LogP contribution in [0.25, 0.3) is 0 Å². The maximum Gasteiger partial charge on any atom is 0.251 e. The summed E-state index contributed by atoms with van der Waals surface area (Å²) in [6.07, 6.45) is 2.01. The van der Waals surface area contributed by atoms with E-state index in [0.717, 1.165) is 56.0 Å². The minimum absolute atomic E-state index is 0.0165. The van der Waals surface area contributed by atoms with Gasteiger partial charge in [-0.2, -0.15) is 0 Å². The Hall–Kier alpha value is -2.49. The van der Waals surface area contributed by atoms with Crippen LogP contribution in [0, 0.1) is 5.92 Å². The number of carbonyl (C=O) groups excluding carboxylic acids is 1. The molecule has 1 atom stereocenters. The molecule has 0 aromatic heterocycles. The summed E-state index contributed by atoms with van der Waals surface area (Å²) in [4.78, 5) is 14.8. The number of para-hydroxylation sites is 1. The van der Waals surface area contributed by atoms with Gasteiger partial charge in [-0.3, -0.25) is 4.79 Å². The molecule has 2 heterocycles. The largest absolute Gasteiger partial charge is 0.493 e. The molecule has 4 heteroatoms. The van der Waals surface area contributed by atoms with Crippen LogP contribution < -0.4 is 15.0 Å². The van der Waals surface area contributed by atoms with Crippen molar-refractivity contribution in [2.75, 3.05) is 31.1 Å². The van der Waals surface area contributed by atoms with Gasteiger partial charge in [-0.25, -0.2) is 0 Å². The van der Waals surface area contributed by atoms with Crippen LogP contribution in [0.3, 0.4) is 0 Å². The van der Waals surface area contributed by atoms with Gasteiger partial charge in [0.05, 0.1) is 6.61 Å². The van der Waals surface area contributed by atoms with Crippen molar-refractivity contribution in [3.05, 3.63) is 59.7 Å². The van der Waals surface area contributed by atoms with E-state index in [0.29, 0.717) is 5.92 Å². The third kappa shape index (κ3) is 3.09. The Bertz CT molecular complexity index is 730. The van der Waals surface area contributed by atoms with Gasteiger partial charge in [-0.05, 0) is 48.2 Å². The summed E-state index contributed by atoms with van der Waals surface area (Å²) < 4.78 is 5.49. The van der Waals surface area contributed by atoms with E-state index >= 15 is 0 Å². The maximum absolute atomic E-state index is 12.4. The van der Waals surface area contributed by atoms with Crippen molar-refractivity contribution in [3.8, 4) is 5.75 Å². The van der Waals surface area contributed by atoms with E-state index in [2.05, 4.69) is 34.5 Å². The van der Waals surface area contributed by atoms with Crippen molar-refractivity contribution < 1.29 is 9.53 Å². The highest BCUT2D eigenvalue weighted by molar-refractivity contribution is 5.94. The molecule has 0 bridgehead atoms. The summed E-state index contributed by atoms with van der Waals surface area (Å²) >= 11 is 0. The number of anilines is 1. The molecule has 24 heavy (non-hydrogen) atoms. The Morgan fingerprint density at radius 1 is 1.21 bits per heavy atom. The lowest BCUT2D eigenvalue weighted by molar-refractivity contribution is 0.0948. The molecule has 2 aromatic rings. The van der Waals surface area contributed by atoms with Crippen LogP contribution in [0.15, 0.2) is 48.5 Å². The van der Waals surface area contributed by atoms with E-state index in [9.17, 15) is 4.79 Å². The minimum Gasteiger partial charge on any atom is -0.493 e. The lowest BCUT2D eigenvalue weighted by atomic mass is 10.1. The first-order chi connectivity index (χ1) is 11.8. The highest BCUT2D eigenvalue weighted by atomic mass is 16.5. The zero-order chi connectivity index (χ0) is 16.4. The van der Waals surface area contributed by atoms with Gasteiger partial charge in [0.1, 0.15) is 5.75 Å². The molecule has 124 valence electrons. The monoisotopic (exact) mass is 322 g/mol. The van der Waals surface area contributed by atoms with Gasteiger partial charge in [0, 0.05) is 37.3 Å². The van der Waals surface area contributed by atoms with Crippen LogP contribution in [-0.2, 0) is 6.42 Å². The van der Waals surface area contributed by atoms with Gasteiger partial charge in [-0.1, -0.05) is 18.2 Å². The number of nitrogens with zero attached hydrogens (tertiary/aromatic N) is 1. The number of hydrogen-bond acceptors (Lipinski definition) is 3. The average molecular weight is 322 g/mol. The molecular weight excluding hydrogens is 300 g/mol. The number of carbonyl (C=O) groups is 1. The van der Waals surface area contributed by atoms with Crippen LogP contribution >= 0.6 is 0 Å². The lowest BCUT2D eigenvalue weighted by Gasteiger charge is -2.18. The first kappa shape index (κ1) is 15.1. The molecule has 4 nitrogen and oxygen atoms in total. The number of nitrogens with one attached hydrogen (secondary N) is 1. The van der Waals surface area contributed by atoms with E-state index in [1.165, 1.54) is 5.69 Å². The zero-order valence-electron chi connectivity index (χ0n) is 13.7. The number of benzene rings is 2. The summed E-state index contributed by atoms with van der Waals surface area (Å²) in [5.41, 5.74) is 3.14. The quantitative estimate of drug-likeness (QED) is 0.941. The van der Waals surface area contributed by atoms with E-state index in [1.54, 1.807) is 0 Å². The van der Waals surface area contributed by atoms with Gasteiger partial charge in [-0.15, -0.1) is 0 Å². The smallest absolute Gasteiger partial charge is 0.251 e.